The highest BCUT2D eigenvalue weighted by Crippen LogP contribution is 2.26. The van der Waals surface area contributed by atoms with Crippen molar-refractivity contribution in [3.8, 4) is 0 Å². The molecule has 29 heavy (non-hydrogen) atoms. The summed E-state index contributed by atoms with van der Waals surface area (Å²) in [6, 6.07) is 14.6. The van der Waals surface area contributed by atoms with E-state index in [1.165, 1.54) is 23.6 Å². The molecule has 4 rings (SSSR count). The topological polar surface area (TPSA) is 40.6 Å². The minimum absolute atomic E-state index is 0.102. The van der Waals surface area contributed by atoms with E-state index >= 15 is 0 Å². The molecular formula is C24H30N2O2S. The Morgan fingerprint density at radius 2 is 1.52 bits per heavy atom. The Kier molecular flexibility index (Phi) is 6.75. The first-order valence-corrected chi connectivity index (χ1v) is 11.9. The van der Waals surface area contributed by atoms with Gasteiger partial charge in [-0.3, -0.25) is 9.59 Å². The van der Waals surface area contributed by atoms with Crippen LogP contribution in [0.5, 0.6) is 0 Å². The lowest BCUT2D eigenvalue weighted by molar-refractivity contribution is -0.139. The summed E-state index contributed by atoms with van der Waals surface area (Å²) in [5, 5.41) is 2.43. The molecule has 0 bridgehead atoms. The molecule has 0 spiro atoms. The van der Waals surface area contributed by atoms with Gasteiger partial charge in [-0.05, 0) is 48.6 Å². The average molecular weight is 411 g/mol. The summed E-state index contributed by atoms with van der Waals surface area (Å²) in [7, 11) is 0. The minimum atomic E-state index is 0.102. The minimum Gasteiger partial charge on any atom is -0.342 e. The van der Waals surface area contributed by atoms with Crippen molar-refractivity contribution in [2.45, 2.75) is 43.4 Å². The number of fused-ring (bicyclic) bond motifs is 1. The Bertz CT molecular complexity index is 853. The first kappa shape index (κ1) is 20.3. The molecule has 2 heterocycles. The molecule has 5 heteroatoms. The van der Waals surface area contributed by atoms with Crippen LogP contribution in [0.25, 0.3) is 10.8 Å². The van der Waals surface area contributed by atoms with Crippen LogP contribution in [0.3, 0.4) is 0 Å². The fourth-order valence-corrected chi connectivity index (χ4v) is 5.27. The predicted molar refractivity (Wildman–Crippen MR) is 119 cm³/mol. The molecule has 4 nitrogen and oxygen atoms in total. The van der Waals surface area contributed by atoms with E-state index < -0.39 is 0 Å². The van der Waals surface area contributed by atoms with Crippen molar-refractivity contribution in [1.29, 1.82) is 0 Å². The molecule has 0 atom stereocenters. The number of likely N-dealkylation sites (tertiary alicyclic amines) is 2. The van der Waals surface area contributed by atoms with Gasteiger partial charge in [0.15, 0.2) is 0 Å². The van der Waals surface area contributed by atoms with Gasteiger partial charge in [-0.25, -0.2) is 0 Å². The molecule has 2 fully saturated rings. The fourth-order valence-electron chi connectivity index (χ4n) is 4.42. The van der Waals surface area contributed by atoms with E-state index in [1.54, 1.807) is 11.8 Å². The zero-order valence-electron chi connectivity index (χ0n) is 17.0. The number of thioether (sulfide) groups is 1. The molecule has 0 unspecified atom stereocenters. The molecule has 2 aliphatic heterocycles. The van der Waals surface area contributed by atoms with Gasteiger partial charge in [0, 0.05) is 37.0 Å². The maximum atomic E-state index is 12.8. The van der Waals surface area contributed by atoms with E-state index in [0.29, 0.717) is 24.7 Å². The average Bonchev–Trinajstić information content (AvgIpc) is 3.06. The highest BCUT2D eigenvalue weighted by atomic mass is 32.2. The zero-order chi connectivity index (χ0) is 20.1. The molecule has 0 aromatic heterocycles. The number of piperidine rings is 1. The van der Waals surface area contributed by atoms with E-state index in [4.69, 9.17) is 0 Å². The van der Waals surface area contributed by atoms with Gasteiger partial charge in [0.25, 0.3) is 0 Å². The fraction of sp³-hybridized carbons (Fsp3) is 0.500. The largest absolute Gasteiger partial charge is 0.342 e. The quantitative estimate of drug-likeness (QED) is 0.693. The van der Waals surface area contributed by atoms with Crippen LogP contribution in [-0.4, -0.2) is 53.5 Å². The lowest BCUT2D eigenvalue weighted by Crippen LogP contribution is -2.45. The first-order chi connectivity index (χ1) is 14.2. The van der Waals surface area contributed by atoms with Crippen LogP contribution in [0.2, 0.25) is 0 Å². The zero-order valence-corrected chi connectivity index (χ0v) is 17.8. The second-order valence-electron chi connectivity index (χ2n) is 8.19. The van der Waals surface area contributed by atoms with E-state index in [9.17, 15) is 9.59 Å². The van der Waals surface area contributed by atoms with Gasteiger partial charge in [0.2, 0.25) is 11.8 Å². The summed E-state index contributed by atoms with van der Waals surface area (Å²) >= 11 is 1.60. The number of carbonyl (C=O) groups excluding carboxylic acids is 2. The Morgan fingerprint density at radius 1 is 0.828 bits per heavy atom. The molecular weight excluding hydrogens is 380 g/mol. The highest BCUT2D eigenvalue weighted by Gasteiger charge is 2.30. The van der Waals surface area contributed by atoms with Crippen LogP contribution in [-0.2, 0) is 9.59 Å². The van der Waals surface area contributed by atoms with E-state index in [2.05, 4.69) is 35.2 Å². The number of carbonyl (C=O) groups is 2. The third-order valence-corrected chi connectivity index (χ3v) is 7.18. The van der Waals surface area contributed by atoms with Crippen LogP contribution in [0.4, 0.5) is 0 Å². The van der Waals surface area contributed by atoms with Crippen LogP contribution in [0, 0.1) is 5.92 Å². The molecule has 2 aromatic rings. The normalized spacial score (nSPS) is 18.6. The Morgan fingerprint density at radius 3 is 2.24 bits per heavy atom. The lowest BCUT2D eigenvalue weighted by Gasteiger charge is -2.34. The van der Waals surface area contributed by atoms with Crippen LogP contribution < -0.4 is 0 Å². The van der Waals surface area contributed by atoms with Gasteiger partial charge in [-0.15, -0.1) is 11.8 Å². The van der Waals surface area contributed by atoms with Crippen LogP contribution >= 0.6 is 11.8 Å². The molecule has 0 saturated carbocycles. The summed E-state index contributed by atoms with van der Waals surface area (Å²) in [4.78, 5) is 30.6. The standard InChI is InChI=1S/C24H30N2O2S/c27-23(18-29-22-10-9-19-7-3-4-8-21(19)17-22)25-15-11-20(12-16-25)24(28)26-13-5-1-2-6-14-26/h3-4,7-10,17,20H,1-2,5-6,11-16,18H2. The third-order valence-electron chi connectivity index (χ3n) is 6.20. The smallest absolute Gasteiger partial charge is 0.232 e. The van der Waals surface area contributed by atoms with Crippen molar-refractivity contribution >= 4 is 34.3 Å². The summed E-state index contributed by atoms with van der Waals surface area (Å²) < 4.78 is 0. The van der Waals surface area contributed by atoms with Crippen LogP contribution in [0.1, 0.15) is 38.5 Å². The summed E-state index contributed by atoms with van der Waals surface area (Å²) in [6.45, 7) is 3.25. The summed E-state index contributed by atoms with van der Waals surface area (Å²) in [5.41, 5.74) is 0. The van der Waals surface area contributed by atoms with Crippen molar-refractivity contribution in [2.24, 2.45) is 5.92 Å². The molecule has 2 aliphatic rings. The van der Waals surface area contributed by atoms with E-state index in [-0.39, 0.29) is 11.8 Å². The summed E-state index contributed by atoms with van der Waals surface area (Å²) in [6.07, 6.45) is 6.37. The van der Waals surface area contributed by atoms with E-state index in [0.717, 1.165) is 43.7 Å². The predicted octanol–water partition coefficient (Wildman–Crippen LogP) is 4.57. The maximum absolute atomic E-state index is 12.8. The molecule has 2 aromatic carbocycles. The van der Waals surface area contributed by atoms with Gasteiger partial charge in [-0.1, -0.05) is 43.2 Å². The van der Waals surface area contributed by atoms with Gasteiger partial charge >= 0.3 is 0 Å². The van der Waals surface area contributed by atoms with Crippen molar-refractivity contribution < 1.29 is 9.59 Å². The Balaban J connectivity index is 1.25. The van der Waals surface area contributed by atoms with Gasteiger partial charge < -0.3 is 9.80 Å². The lowest BCUT2D eigenvalue weighted by atomic mass is 9.95. The molecule has 0 radical (unpaired) electrons. The Labute approximate surface area is 177 Å². The third kappa shape index (κ3) is 5.13. The van der Waals surface area contributed by atoms with Crippen molar-refractivity contribution in [3.63, 3.8) is 0 Å². The van der Waals surface area contributed by atoms with Crippen LogP contribution in [0.15, 0.2) is 47.4 Å². The van der Waals surface area contributed by atoms with Gasteiger partial charge in [0.05, 0.1) is 5.75 Å². The number of hydrogen-bond acceptors (Lipinski definition) is 3. The van der Waals surface area contributed by atoms with Gasteiger partial charge in [0.1, 0.15) is 0 Å². The number of nitrogens with zero attached hydrogens (tertiary/aromatic N) is 2. The number of amides is 2. The highest BCUT2D eigenvalue weighted by molar-refractivity contribution is 8.00. The summed E-state index contributed by atoms with van der Waals surface area (Å²) in [5.74, 6) is 1.07. The molecule has 2 amide bonds. The molecule has 0 aliphatic carbocycles. The van der Waals surface area contributed by atoms with Crippen molar-refractivity contribution in [2.75, 3.05) is 31.9 Å². The van der Waals surface area contributed by atoms with E-state index in [1.807, 2.05) is 17.0 Å². The van der Waals surface area contributed by atoms with Gasteiger partial charge in [-0.2, -0.15) is 0 Å². The molecule has 0 N–H and O–H groups in total. The SMILES string of the molecule is O=C(CSc1ccc2ccccc2c1)N1CCC(C(=O)N2CCCCCC2)CC1. The van der Waals surface area contributed by atoms with Crippen molar-refractivity contribution in [1.82, 2.24) is 9.80 Å². The Hall–Kier alpha value is -2.01. The number of hydrogen-bond donors (Lipinski definition) is 0. The van der Waals surface area contributed by atoms with Crippen molar-refractivity contribution in [3.05, 3.63) is 42.5 Å². The monoisotopic (exact) mass is 410 g/mol. The molecule has 2 saturated heterocycles. The second-order valence-corrected chi connectivity index (χ2v) is 9.24. The maximum Gasteiger partial charge on any atom is 0.232 e. The second kappa shape index (κ2) is 9.66. The number of rotatable bonds is 4. The molecule has 154 valence electrons. The number of benzene rings is 2. The first-order valence-electron chi connectivity index (χ1n) is 10.9.